The minimum atomic E-state index is -3.41. The van der Waals surface area contributed by atoms with Crippen molar-refractivity contribution in [2.24, 2.45) is 0 Å². The number of aromatic amines is 1. The number of nitrogens with zero attached hydrogens (tertiary/aromatic N) is 1. The van der Waals surface area contributed by atoms with Crippen LogP contribution in [0.5, 0.6) is 0 Å². The monoisotopic (exact) mass is 277 g/mol. The fourth-order valence-electron chi connectivity index (χ4n) is 1.53. The molecule has 19 heavy (non-hydrogen) atoms. The number of aromatic nitrogens is 2. The first-order chi connectivity index (χ1) is 9.16. The van der Waals surface area contributed by atoms with Gasteiger partial charge in [0, 0.05) is 30.8 Å². The largest absolute Gasteiger partial charge is 0.349 e. The van der Waals surface area contributed by atoms with E-state index in [1.54, 1.807) is 18.5 Å². The summed E-state index contributed by atoms with van der Waals surface area (Å²) in [5.41, 5.74) is 0.846. The number of nitrogens with one attached hydrogen (secondary N) is 2. The Morgan fingerprint density at radius 2 is 2.05 bits per heavy atom. The van der Waals surface area contributed by atoms with Gasteiger partial charge in [-0.3, -0.25) is 0 Å². The van der Waals surface area contributed by atoms with Crippen molar-refractivity contribution in [2.45, 2.75) is 6.42 Å². The van der Waals surface area contributed by atoms with Gasteiger partial charge in [-0.15, -0.1) is 0 Å². The highest BCUT2D eigenvalue weighted by atomic mass is 32.2. The van der Waals surface area contributed by atoms with E-state index >= 15 is 0 Å². The molecule has 0 fully saturated rings. The Balaban J connectivity index is 1.87. The highest BCUT2D eigenvalue weighted by molar-refractivity contribution is 7.92. The van der Waals surface area contributed by atoms with E-state index < -0.39 is 10.0 Å². The van der Waals surface area contributed by atoms with E-state index in [1.807, 2.05) is 30.3 Å². The van der Waals surface area contributed by atoms with Crippen LogP contribution in [0, 0.1) is 0 Å². The van der Waals surface area contributed by atoms with Gasteiger partial charge in [0.05, 0.1) is 0 Å². The molecule has 0 unspecified atom stereocenters. The average molecular weight is 277 g/mol. The number of hydrogen-bond donors (Lipinski definition) is 2. The number of H-pyrrole nitrogens is 1. The second-order valence-electron chi connectivity index (χ2n) is 3.94. The molecule has 100 valence electrons. The van der Waals surface area contributed by atoms with Gasteiger partial charge in [-0.2, -0.15) is 0 Å². The van der Waals surface area contributed by atoms with Gasteiger partial charge in [-0.1, -0.05) is 30.3 Å². The summed E-state index contributed by atoms with van der Waals surface area (Å²) in [6, 6.07) is 9.28. The van der Waals surface area contributed by atoms with E-state index in [2.05, 4.69) is 14.7 Å². The summed E-state index contributed by atoms with van der Waals surface area (Å²) >= 11 is 0. The lowest BCUT2D eigenvalue weighted by Gasteiger charge is -2.01. The van der Waals surface area contributed by atoms with Crippen molar-refractivity contribution in [1.29, 1.82) is 0 Å². The van der Waals surface area contributed by atoms with Crippen LogP contribution in [0.15, 0.2) is 48.1 Å². The third-order valence-corrected chi connectivity index (χ3v) is 3.56. The second-order valence-corrected chi connectivity index (χ2v) is 5.59. The first-order valence-electron chi connectivity index (χ1n) is 5.87. The third-order valence-electron chi connectivity index (χ3n) is 2.46. The summed E-state index contributed by atoms with van der Waals surface area (Å²) in [5, 5.41) is 1.17. The molecular weight excluding hydrogens is 262 g/mol. The average Bonchev–Trinajstić information content (AvgIpc) is 2.91. The second kappa shape index (κ2) is 6.31. The molecule has 0 aliphatic heterocycles. The zero-order valence-electron chi connectivity index (χ0n) is 10.3. The lowest BCUT2D eigenvalue weighted by atomic mass is 10.2. The zero-order valence-corrected chi connectivity index (χ0v) is 11.1. The van der Waals surface area contributed by atoms with Gasteiger partial charge in [0.25, 0.3) is 0 Å². The molecule has 2 N–H and O–H groups in total. The van der Waals surface area contributed by atoms with E-state index in [4.69, 9.17) is 0 Å². The smallest absolute Gasteiger partial charge is 0.233 e. The Hall–Kier alpha value is -1.92. The molecule has 0 saturated heterocycles. The number of imidazole rings is 1. The molecule has 2 aromatic rings. The molecular formula is C13H15N3O2S. The summed E-state index contributed by atoms with van der Waals surface area (Å²) in [6.07, 6.45) is 5.44. The molecule has 1 heterocycles. The number of hydrogen-bond acceptors (Lipinski definition) is 3. The molecule has 0 aliphatic rings. The Bertz CT molecular complexity index is 619. The maximum atomic E-state index is 11.7. The summed E-state index contributed by atoms with van der Waals surface area (Å²) in [6.45, 7) is 0.314. The predicted molar refractivity (Wildman–Crippen MR) is 74.7 cm³/mol. The van der Waals surface area contributed by atoms with Crippen molar-refractivity contribution in [3.05, 3.63) is 59.5 Å². The van der Waals surface area contributed by atoms with Crippen molar-refractivity contribution in [1.82, 2.24) is 14.7 Å². The lowest BCUT2D eigenvalue weighted by Crippen LogP contribution is -2.24. The van der Waals surface area contributed by atoms with Crippen LogP contribution in [0.25, 0.3) is 6.08 Å². The van der Waals surface area contributed by atoms with E-state index in [-0.39, 0.29) is 0 Å². The van der Waals surface area contributed by atoms with Crippen LogP contribution in [0.3, 0.4) is 0 Å². The molecule has 2 rings (SSSR count). The SMILES string of the molecule is O=S(=O)(/C=C/c1ccccc1)NCCc1ncc[nH]1. The Morgan fingerprint density at radius 1 is 1.26 bits per heavy atom. The molecule has 0 amide bonds. The molecule has 1 aromatic heterocycles. The highest BCUT2D eigenvalue weighted by Crippen LogP contribution is 2.02. The van der Waals surface area contributed by atoms with Crippen molar-refractivity contribution < 1.29 is 8.42 Å². The molecule has 0 saturated carbocycles. The van der Waals surface area contributed by atoms with Crippen LogP contribution in [-0.2, 0) is 16.4 Å². The Morgan fingerprint density at radius 3 is 2.74 bits per heavy atom. The van der Waals surface area contributed by atoms with Gasteiger partial charge in [-0.25, -0.2) is 18.1 Å². The highest BCUT2D eigenvalue weighted by Gasteiger charge is 2.04. The molecule has 1 aromatic carbocycles. The Kier molecular flexibility index (Phi) is 4.48. The van der Waals surface area contributed by atoms with Crippen molar-refractivity contribution in [2.75, 3.05) is 6.54 Å². The molecule has 0 radical (unpaired) electrons. The van der Waals surface area contributed by atoms with Crippen molar-refractivity contribution in [3.8, 4) is 0 Å². The normalized spacial score (nSPS) is 12.0. The van der Waals surface area contributed by atoms with Gasteiger partial charge in [-0.05, 0) is 11.6 Å². The topological polar surface area (TPSA) is 74.8 Å². The maximum absolute atomic E-state index is 11.7. The summed E-state index contributed by atoms with van der Waals surface area (Å²) in [7, 11) is -3.41. The molecule has 0 aliphatic carbocycles. The van der Waals surface area contributed by atoms with E-state index in [9.17, 15) is 8.42 Å². The number of sulfonamides is 1. The summed E-state index contributed by atoms with van der Waals surface area (Å²) < 4.78 is 25.9. The van der Waals surface area contributed by atoms with Crippen molar-refractivity contribution >= 4 is 16.1 Å². The number of rotatable bonds is 6. The quantitative estimate of drug-likeness (QED) is 0.841. The summed E-state index contributed by atoms with van der Waals surface area (Å²) in [5.74, 6) is 0.759. The third kappa shape index (κ3) is 4.69. The fraction of sp³-hybridized carbons (Fsp3) is 0.154. The van der Waals surface area contributed by atoms with E-state index in [0.717, 1.165) is 11.4 Å². The minimum absolute atomic E-state index is 0.314. The van der Waals surface area contributed by atoms with Crippen molar-refractivity contribution in [3.63, 3.8) is 0 Å². The Labute approximate surface area is 112 Å². The van der Waals surface area contributed by atoms with E-state index in [1.165, 1.54) is 5.41 Å². The van der Waals surface area contributed by atoms with Crippen LogP contribution in [0.2, 0.25) is 0 Å². The van der Waals surface area contributed by atoms with Crippen LogP contribution in [0.1, 0.15) is 11.4 Å². The molecule has 0 bridgehead atoms. The predicted octanol–water partition coefficient (Wildman–Crippen LogP) is 1.54. The van der Waals surface area contributed by atoms with Gasteiger partial charge in [0.15, 0.2) is 0 Å². The molecule has 0 atom stereocenters. The first kappa shape index (κ1) is 13.5. The van der Waals surface area contributed by atoms with Crippen LogP contribution >= 0.6 is 0 Å². The summed E-state index contributed by atoms with van der Waals surface area (Å²) in [4.78, 5) is 6.94. The van der Waals surface area contributed by atoms with Gasteiger partial charge < -0.3 is 4.98 Å². The number of benzene rings is 1. The lowest BCUT2D eigenvalue weighted by molar-refractivity contribution is 0.590. The van der Waals surface area contributed by atoms with Crippen LogP contribution < -0.4 is 4.72 Å². The zero-order chi connectivity index (χ0) is 13.6. The molecule has 5 nitrogen and oxygen atoms in total. The van der Waals surface area contributed by atoms with E-state index in [0.29, 0.717) is 13.0 Å². The maximum Gasteiger partial charge on any atom is 0.233 e. The molecule has 6 heteroatoms. The fourth-order valence-corrected chi connectivity index (χ4v) is 2.35. The standard InChI is InChI=1S/C13H15N3O2S/c17-19(18,11-7-12-4-2-1-3-5-12)16-8-6-13-14-9-10-15-13/h1-5,7,9-11,16H,6,8H2,(H,14,15)/b11-7+. The molecule has 0 spiro atoms. The minimum Gasteiger partial charge on any atom is -0.349 e. The van der Waals surface area contributed by atoms with Gasteiger partial charge in [0.1, 0.15) is 5.82 Å². The van der Waals surface area contributed by atoms with Crippen LogP contribution in [0.4, 0.5) is 0 Å². The van der Waals surface area contributed by atoms with Crippen LogP contribution in [-0.4, -0.2) is 24.9 Å². The first-order valence-corrected chi connectivity index (χ1v) is 7.41. The van der Waals surface area contributed by atoms with Gasteiger partial charge >= 0.3 is 0 Å². The van der Waals surface area contributed by atoms with Gasteiger partial charge in [0.2, 0.25) is 10.0 Å².